The fourth-order valence-electron chi connectivity index (χ4n) is 4.36. The van der Waals surface area contributed by atoms with Crippen molar-refractivity contribution in [1.82, 2.24) is 19.5 Å². The topological polar surface area (TPSA) is 152 Å². The number of aliphatic hydroxyl groups is 3. The number of hydrogen-bond acceptors (Lipinski definition) is 11. The normalized spacial score (nSPS) is 20.9. The van der Waals surface area contributed by atoms with Crippen molar-refractivity contribution in [2.45, 2.75) is 31.5 Å². The van der Waals surface area contributed by atoms with Gasteiger partial charge in [-0.05, 0) is 35.7 Å². The summed E-state index contributed by atoms with van der Waals surface area (Å²) in [6.07, 6.45) is -5.05. The number of carbonyl (C=O) groups excluding carboxylic acids is 1. The Morgan fingerprint density at radius 1 is 1.03 bits per heavy atom. The number of aromatic nitrogens is 4. The van der Waals surface area contributed by atoms with Crippen molar-refractivity contribution in [3.8, 4) is 32.1 Å². The van der Waals surface area contributed by atoms with Crippen molar-refractivity contribution >= 4 is 45.7 Å². The summed E-state index contributed by atoms with van der Waals surface area (Å²) >= 11 is 3.14. The van der Waals surface area contributed by atoms with Gasteiger partial charge >= 0.3 is 6.01 Å². The Bertz CT molecular complexity index is 1620. The molecule has 200 valence electrons. The van der Waals surface area contributed by atoms with Crippen LogP contribution in [0.2, 0.25) is 0 Å². The highest BCUT2D eigenvalue weighted by molar-refractivity contribution is 7.23. The van der Waals surface area contributed by atoms with Gasteiger partial charge in [-0.2, -0.15) is 9.97 Å². The molecule has 11 nitrogen and oxygen atoms in total. The van der Waals surface area contributed by atoms with E-state index < -0.39 is 37.1 Å². The Labute approximate surface area is 230 Å². The smallest absolute Gasteiger partial charge is 0.324 e. The van der Waals surface area contributed by atoms with Crippen LogP contribution in [0.5, 0.6) is 11.8 Å². The van der Waals surface area contributed by atoms with Crippen LogP contribution in [-0.4, -0.2) is 65.7 Å². The van der Waals surface area contributed by atoms with Crippen LogP contribution >= 0.6 is 22.7 Å². The number of hydrogen-bond donors (Lipinski definition) is 4. The van der Waals surface area contributed by atoms with Gasteiger partial charge in [-0.25, -0.2) is 4.98 Å². The lowest BCUT2D eigenvalue weighted by molar-refractivity contribution is -0.114. The van der Waals surface area contributed by atoms with Crippen molar-refractivity contribution < 1.29 is 29.6 Å². The molecule has 0 spiro atoms. The number of amides is 1. The average molecular weight is 566 g/mol. The molecule has 0 aliphatic carbocycles. The maximum Gasteiger partial charge on any atom is 0.324 e. The standard InChI is InChI=1S/C26H23N5O6S2/c1-13(33)27-25-28-20-19(18-10-9-17(39-18)16-8-5-11-38-16)29-26(36-14-6-3-2-4-7-14)30-23(20)31(25)24-22(35)21(34)15(12-32)37-24/h2-11,15,21-22,24,32,34-35H,12H2,1H3,(H,27,28,33)/t15-,21-,22-,24-/m1/s1. The summed E-state index contributed by atoms with van der Waals surface area (Å²) in [6.45, 7) is 0.810. The molecule has 1 fully saturated rings. The monoisotopic (exact) mass is 565 g/mol. The van der Waals surface area contributed by atoms with E-state index in [1.165, 1.54) is 22.8 Å². The molecule has 0 bridgehead atoms. The first-order chi connectivity index (χ1) is 18.9. The number of aliphatic hydroxyl groups excluding tert-OH is 3. The van der Waals surface area contributed by atoms with E-state index in [0.717, 1.165) is 14.6 Å². The van der Waals surface area contributed by atoms with E-state index >= 15 is 0 Å². The number of carbonyl (C=O) groups is 1. The van der Waals surface area contributed by atoms with Crippen molar-refractivity contribution in [3.05, 3.63) is 60.0 Å². The minimum atomic E-state index is -1.43. The van der Waals surface area contributed by atoms with E-state index in [4.69, 9.17) is 9.47 Å². The van der Waals surface area contributed by atoms with Gasteiger partial charge in [-0.1, -0.05) is 24.3 Å². The van der Waals surface area contributed by atoms with Gasteiger partial charge < -0.3 is 24.8 Å². The van der Waals surface area contributed by atoms with Gasteiger partial charge in [-0.3, -0.25) is 14.7 Å². The number of para-hydroxylation sites is 1. The molecule has 13 heteroatoms. The van der Waals surface area contributed by atoms with Crippen molar-refractivity contribution in [3.63, 3.8) is 0 Å². The second kappa shape index (κ2) is 10.4. The first kappa shape index (κ1) is 25.6. The predicted octanol–water partition coefficient (Wildman–Crippen LogP) is 3.65. The lowest BCUT2D eigenvalue weighted by Crippen LogP contribution is -2.33. The largest absolute Gasteiger partial charge is 0.424 e. The molecule has 1 aromatic carbocycles. The first-order valence-corrected chi connectivity index (χ1v) is 13.7. The summed E-state index contributed by atoms with van der Waals surface area (Å²) in [7, 11) is 0. The molecule has 0 saturated carbocycles. The van der Waals surface area contributed by atoms with E-state index in [9.17, 15) is 20.1 Å². The first-order valence-electron chi connectivity index (χ1n) is 12.0. The van der Waals surface area contributed by atoms with Gasteiger partial charge in [0.1, 0.15) is 35.3 Å². The summed E-state index contributed by atoms with van der Waals surface area (Å²) < 4.78 is 13.2. The van der Waals surface area contributed by atoms with Gasteiger partial charge in [0.15, 0.2) is 11.9 Å². The summed E-state index contributed by atoms with van der Waals surface area (Å²) in [5, 5.41) is 35.6. The molecular weight excluding hydrogens is 542 g/mol. The quantitative estimate of drug-likeness (QED) is 0.232. The third kappa shape index (κ3) is 4.80. The molecule has 1 saturated heterocycles. The highest BCUT2D eigenvalue weighted by Gasteiger charge is 2.45. The zero-order valence-corrected chi connectivity index (χ0v) is 22.1. The second-order valence-corrected chi connectivity index (χ2v) is 10.8. The van der Waals surface area contributed by atoms with Crippen molar-refractivity contribution in [2.75, 3.05) is 11.9 Å². The minimum Gasteiger partial charge on any atom is -0.424 e. The molecule has 4 aromatic heterocycles. The lowest BCUT2D eigenvalue weighted by Gasteiger charge is -2.19. The SMILES string of the molecule is CC(=O)Nc1nc2c(-c3ccc(-c4cccs4)s3)nc(Oc3ccccc3)nc2n1[C@@H]1O[C@H](CO)[C@@H](O)[C@H]1O. The molecule has 5 aromatic rings. The molecule has 4 N–H and O–H groups in total. The van der Waals surface area contributed by atoms with E-state index in [1.54, 1.807) is 23.5 Å². The third-order valence-electron chi connectivity index (χ3n) is 6.13. The van der Waals surface area contributed by atoms with Crippen molar-refractivity contribution in [2.24, 2.45) is 0 Å². The Hall–Kier alpha value is -3.72. The molecule has 1 aliphatic heterocycles. The highest BCUT2D eigenvalue weighted by Crippen LogP contribution is 2.41. The van der Waals surface area contributed by atoms with Gasteiger partial charge in [0.25, 0.3) is 0 Å². The number of benzene rings is 1. The van der Waals surface area contributed by atoms with Gasteiger partial charge in [-0.15, -0.1) is 22.7 Å². The summed E-state index contributed by atoms with van der Waals surface area (Å²) in [4.78, 5) is 28.9. The van der Waals surface area contributed by atoms with Crippen LogP contribution in [0, 0.1) is 0 Å². The number of anilines is 1. The molecule has 6 rings (SSSR count). The number of imidazole rings is 1. The van der Waals surface area contributed by atoms with Gasteiger partial charge in [0, 0.05) is 16.7 Å². The van der Waals surface area contributed by atoms with E-state index in [2.05, 4.69) is 20.3 Å². The fourth-order valence-corrected chi connectivity index (χ4v) is 6.19. The number of fused-ring (bicyclic) bond motifs is 1. The number of nitrogens with one attached hydrogen (secondary N) is 1. The number of nitrogens with zero attached hydrogens (tertiary/aromatic N) is 4. The van der Waals surface area contributed by atoms with Crippen molar-refractivity contribution in [1.29, 1.82) is 0 Å². The van der Waals surface area contributed by atoms with Crippen LogP contribution in [-0.2, 0) is 9.53 Å². The Morgan fingerprint density at radius 3 is 2.51 bits per heavy atom. The summed E-state index contributed by atoms with van der Waals surface area (Å²) in [5.41, 5.74) is 0.989. The van der Waals surface area contributed by atoms with Gasteiger partial charge in [0.05, 0.1) is 11.5 Å². The Balaban J connectivity index is 1.56. The molecule has 5 heterocycles. The minimum absolute atomic E-state index is 0.0112. The highest BCUT2D eigenvalue weighted by atomic mass is 32.1. The number of rotatable bonds is 7. The molecule has 4 atom stereocenters. The maximum atomic E-state index is 12.1. The number of thiophene rings is 2. The summed E-state index contributed by atoms with van der Waals surface area (Å²) in [5.74, 6) is 0.133. The Kier molecular flexibility index (Phi) is 6.85. The summed E-state index contributed by atoms with van der Waals surface area (Å²) in [6, 6.07) is 17.0. The zero-order valence-electron chi connectivity index (χ0n) is 20.5. The lowest BCUT2D eigenvalue weighted by atomic mass is 10.1. The van der Waals surface area contributed by atoms with E-state index in [0.29, 0.717) is 17.0 Å². The van der Waals surface area contributed by atoms with E-state index in [-0.39, 0.29) is 17.6 Å². The van der Waals surface area contributed by atoms with E-state index in [1.807, 2.05) is 47.8 Å². The van der Waals surface area contributed by atoms with Crippen LogP contribution in [0.4, 0.5) is 5.95 Å². The Morgan fingerprint density at radius 2 is 1.82 bits per heavy atom. The third-order valence-corrected chi connectivity index (χ3v) is 8.29. The van der Waals surface area contributed by atoms with Crippen LogP contribution in [0.3, 0.4) is 0 Å². The zero-order chi connectivity index (χ0) is 27.1. The van der Waals surface area contributed by atoms with Gasteiger partial charge in [0.2, 0.25) is 11.9 Å². The molecule has 1 aliphatic rings. The maximum absolute atomic E-state index is 12.1. The average Bonchev–Trinajstić information content (AvgIpc) is 3.72. The molecule has 1 amide bonds. The van der Waals surface area contributed by atoms with Crippen LogP contribution in [0.15, 0.2) is 60.0 Å². The molecular formula is C26H23N5O6S2. The molecule has 0 unspecified atom stereocenters. The van der Waals surface area contributed by atoms with Crippen LogP contribution in [0.25, 0.3) is 31.5 Å². The number of ether oxygens (including phenoxy) is 2. The molecule has 0 radical (unpaired) electrons. The predicted molar refractivity (Wildman–Crippen MR) is 146 cm³/mol. The van der Waals surface area contributed by atoms with Crippen LogP contribution < -0.4 is 10.1 Å². The second-order valence-electron chi connectivity index (χ2n) is 8.80. The molecule has 39 heavy (non-hydrogen) atoms. The fraction of sp³-hybridized carbons (Fsp3) is 0.231. The van der Waals surface area contributed by atoms with Crippen LogP contribution in [0.1, 0.15) is 13.2 Å².